The second kappa shape index (κ2) is 7.32. The fourth-order valence-electron chi connectivity index (χ4n) is 2.73. The average Bonchev–Trinajstić information content (AvgIpc) is 3.04. The molecule has 0 unspecified atom stereocenters. The fourth-order valence-corrected chi connectivity index (χ4v) is 2.73. The van der Waals surface area contributed by atoms with Crippen molar-refractivity contribution >= 4 is 0 Å². The molecule has 124 valence electrons. The zero-order valence-corrected chi connectivity index (χ0v) is 14.3. The molecule has 0 fully saturated rings. The fraction of sp³-hybridized carbons (Fsp3) is 0.250. The maximum absolute atomic E-state index is 5.87. The van der Waals surface area contributed by atoms with Crippen LogP contribution in [-0.4, -0.2) is 24.0 Å². The third kappa shape index (κ3) is 3.84. The van der Waals surface area contributed by atoms with Crippen molar-refractivity contribution in [2.24, 2.45) is 0 Å². The molecule has 3 aromatic rings. The summed E-state index contributed by atoms with van der Waals surface area (Å²) in [6.07, 6.45) is 1.78. The van der Waals surface area contributed by atoms with E-state index >= 15 is 0 Å². The van der Waals surface area contributed by atoms with Crippen LogP contribution < -0.4 is 4.74 Å². The molecule has 0 bridgehead atoms. The van der Waals surface area contributed by atoms with Crippen LogP contribution in [0.5, 0.6) is 5.75 Å². The topological polar surface area (TPSA) is 38.5 Å². The second-order valence-corrected chi connectivity index (χ2v) is 5.97. The third-order valence-electron chi connectivity index (χ3n) is 3.89. The van der Waals surface area contributed by atoms with Crippen LogP contribution in [0.4, 0.5) is 0 Å². The zero-order valence-electron chi connectivity index (χ0n) is 14.3. The molecule has 3 rings (SSSR count). The number of rotatable bonds is 6. The molecule has 0 aliphatic carbocycles. The van der Waals surface area contributed by atoms with Gasteiger partial charge in [-0.15, -0.1) is 0 Å². The van der Waals surface area contributed by atoms with Gasteiger partial charge in [-0.2, -0.15) is 0 Å². The number of ether oxygens (including phenoxy) is 1. The Hall–Kier alpha value is -2.59. The Balaban J connectivity index is 1.69. The van der Waals surface area contributed by atoms with E-state index in [1.54, 1.807) is 13.3 Å². The van der Waals surface area contributed by atoms with E-state index in [-0.39, 0.29) is 0 Å². The Morgan fingerprint density at radius 1 is 1.08 bits per heavy atom. The van der Waals surface area contributed by atoms with Crippen molar-refractivity contribution in [2.75, 3.05) is 14.2 Å². The van der Waals surface area contributed by atoms with Crippen LogP contribution in [0.2, 0.25) is 0 Å². The van der Waals surface area contributed by atoms with Gasteiger partial charge >= 0.3 is 0 Å². The van der Waals surface area contributed by atoms with Crippen molar-refractivity contribution in [3.8, 4) is 17.1 Å². The van der Waals surface area contributed by atoms with Crippen LogP contribution in [0, 0.1) is 6.92 Å². The molecule has 0 saturated heterocycles. The van der Waals surface area contributed by atoms with Crippen LogP contribution in [0.1, 0.15) is 17.0 Å². The number of methoxy groups -OCH3 is 1. The van der Waals surface area contributed by atoms with E-state index in [4.69, 9.17) is 9.15 Å². The number of nitrogens with zero attached hydrogens (tertiary/aromatic N) is 2. The summed E-state index contributed by atoms with van der Waals surface area (Å²) in [4.78, 5) is 6.56. The molecule has 0 saturated carbocycles. The van der Waals surface area contributed by atoms with E-state index in [1.165, 1.54) is 5.56 Å². The average molecular weight is 322 g/mol. The van der Waals surface area contributed by atoms with E-state index < -0.39 is 0 Å². The molecule has 2 aromatic carbocycles. The SMILES string of the molecule is COc1ccc(C)cc1CN(C)Cc1ncc(-c2ccccc2)o1. The van der Waals surface area contributed by atoms with Crippen LogP contribution in [0.3, 0.4) is 0 Å². The monoisotopic (exact) mass is 322 g/mol. The minimum atomic E-state index is 0.643. The van der Waals surface area contributed by atoms with Crippen LogP contribution in [0.25, 0.3) is 11.3 Å². The van der Waals surface area contributed by atoms with Gasteiger partial charge < -0.3 is 9.15 Å². The predicted octanol–water partition coefficient (Wildman–Crippen LogP) is 4.29. The van der Waals surface area contributed by atoms with E-state index in [0.29, 0.717) is 12.4 Å². The molecule has 4 nitrogen and oxygen atoms in total. The van der Waals surface area contributed by atoms with E-state index in [9.17, 15) is 0 Å². The van der Waals surface area contributed by atoms with Gasteiger partial charge in [-0.1, -0.05) is 48.0 Å². The van der Waals surface area contributed by atoms with Gasteiger partial charge in [0.2, 0.25) is 5.89 Å². The van der Waals surface area contributed by atoms with Crippen LogP contribution >= 0.6 is 0 Å². The third-order valence-corrected chi connectivity index (χ3v) is 3.89. The Morgan fingerprint density at radius 3 is 2.62 bits per heavy atom. The first-order chi connectivity index (χ1) is 11.7. The molecule has 0 atom stereocenters. The number of aryl methyl sites for hydroxylation is 1. The minimum absolute atomic E-state index is 0.643. The summed E-state index contributed by atoms with van der Waals surface area (Å²) < 4.78 is 11.3. The summed E-state index contributed by atoms with van der Waals surface area (Å²) in [5, 5.41) is 0. The number of hydrogen-bond acceptors (Lipinski definition) is 4. The van der Waals surface area contributed by atoms with Gasteiger partial charge in [0.15, 0.2) is 5.76 Å². The minimum Gasteiger partial charge on any atom is -0.496 e. The van der Waals surface area contributed by atoms with Gasteiger partial charge in [0, 0.05) is 17.7 Å². The van der Waals surface area contributed by atoms with Gasteiger partial charge in [-0.05, 0) is 20.0 Å². The van der Waals surface area contributed by atoms with Crippen molar-refractivity contribution in [3.05, 3.63) is 71.7 Å². The molecule has 0 radical (unpaired) electrons. The molecule has 0 N–H and O–H groups in total. The van der Waals surface area contributed by atoms with Crippen molar-refractivity contribution in [1.29, 1.82) is 0 Å². The highest BCUT2D eigenvalue weighted by Crippen LogP contribution is 2.23. The van der Waals surface area contributed by atoms with Crippen LogP contribution in [-0.2, 0) is 13.1 Å². The summed E-state index contributed by atoms with van der Waals surface area (Å²) in [7, 11) is 3.75. The summed E-state index contributed by atoms with van der Waals surface area (Å²) in [6, 6.07) is 16.2. The first-order valence-corrected chi connectivity index (χ1v) is 7.98. The molecule has 0 spiro atoms. The number of hydrogen-bond donors (Lipinski definition) is 0. The summed E-state index contributed by atoms with van der Waals surface area (Å²) in [6.45, 7) is 3.50. The van der Waals surface area contributed by atoms with Crippen molar-refractivity contribution < 1.29 is 9.15 Å². The van der Waals surface area contributed by atoms with Gasteiger partial charge in [-0.25, -0.2) is 4.98 Å². The molecule has 1 heterocycles. The lowest BCUT2D eigenvalue weighted by Crippen LogP contribution is -2.18. The molecule has 0 amide bonds. The number of oxazole rings is 1. The standard InChI is InChI=1S/C20H22N2O2/c1-15-9-10-18(23-3)17(11-15)13-22(2)14-20-21-12-19(24-20)16-7-5-4-6-8-16/h4-12H,13-14H2,1-3H3. The Kier molecular flexibility index (Phi) is 4.96. The van der Waals surface area contributed by atoms with E-state index in [1.807, 2.05) is 43.4 Å². The Bertz CT molecular complexity index is 796. The summed E-state index contributed by atoms with van der Waals surface area (Å²) in [5.41, 5.74) is 3.43. The highest BCUT2D eigenvalue weighted by molar-refractivity contribution is 5.55. The van der Waals surface area contributed by atoms with E-state index in [2.05, 4.69) is 28.9 Å². The van der Waals surface area contributed by atoms with Gasteiger partial charge in [-0.3, -0.25) is 4.90 Å². The smallest absolute Gasteiger partial charge is 0.209 e. The summed E-state index contributed by atoms with van der Waals surface area (Å²) >= 11 is 0. The van der Waals surface area contributed by atoms with Crippen LogP contribution in [0.15, 0.2) is 59.1 Å². The number of aromatic nitrogens is 1. The van der Waals surface area contributed by atoms with Crippen molar-refractivity contribution in [1.82, 2.24) is 9.88 Å². The second-order valence-electron chi connectivity index (χ2n) is 5.97. The quantitative estimate of drug-likeness (QED) is 0.678. The maximum atomic E-state index is 5.87. The molecule has 0 aliphatic heterocycles. The molecule has 0 aliphatic rings. The lowest BCUT2D eigenvalue weighted by Gasteiger charge is -2.17. The Morgan fingerprint density at radius 2 is 1.88 bits per heavy atom. The maximum Gasteiger partial charge on any atom is 0.209 e. The number of benzene rings is 2. The largest absolute Gasteiger partial charge is 0.496 e. The molecular formula is C20H22N2O2. The molecule has 1 aromatic heterocycles. The Labute approximate surface area is 142 Å². The molecule has 4 heteroatoms. The zero-order chi connectivity index (χ0) is 16.9. The lowest BCUT2D eigenvalue weighted by molar-refractivity contribution is 0.277. The normalized spacial score (nSPS) is 11.0. The van der Waals surface area contributed by atoms with Crippen molar-refractivity contribution in [2.45, 2.75) is 20.0 Å². The first kappa shape index (κ1) is 16.3. The predicted molar refractivity (Wildman–Crippen MR) is 94.8 cm³/mol. The van der Waals surface area contributed by atoms with E-state index in [0.717, 1.165) is 29.2 Å². The van der Waals surface area contributed by atoms with Gasteiger partial charge in [0.25, 0.3) is 0 Å². The molecular weight excluding hydrogens is 300 g/mol. The molecule has 24 heavy (non-hydrogen) atoms. The van der Waals surface area contributed by atoms with Crippen molar-refractivity contribution in [3.63, 3.8) is 0 Å². The lowest BCUT2D eigenvalue weighted by atomic mass is 10.1. The van der Waals surface area contributed by atoms with Gasteiger partial charge in [0.1, 0.15) is 5.75 Å². The highest BCUT2D eigenvalue weighted by Gasteiger charge is 2.11. The van der Waals surface area contributed by atoms with Gasteiger partial charge in [0.05, 0.1) is 19.9 Å². The highest BCUT2D eigenvalue weighted by atomic mass is 16.5. The summed E-state index contributed by atoms with van der Waals surface area (Å²) in [5.74, 6) is 2.42. The first-order valence-electron chi connectivity index (χ1n) is 7.98.